The first-order valence-electron chi connectivity index (χ1n) is 7.50. The Kier molecular flexibility index (Phi) is 3.43. The predicted molar refractivity (Wildman–Crippen MR) is 94.1 cm³/mol. The first-order chi connectivity index (χ1) is 11.2. The molecule has 3 aromatic rings. The van der Waals surface area contributed by atoms with Crippen LogP contribution in [0.15, 0.2) is 65.8 Å². The third kappa shape index (κ3) is 2.64. The summed E-state index contributed by atoms with van der Waals surface area (Å²) in [5.41, 5.74) is 5.97. The molecule has 4 heteroatoms. The smallest absolute Gasteiger partial charge is 0.121 e. The Morgan fingerprint density at radius 1 is 1.00 bits per heavy atom. The van der Waals surface area contributed by atoms with Crippen LogP contribution in [-0.2, 0) is 0 Å². The second-order valence-corrected chi connectivity index (χ2v) is 6.15. The fourth-order valence-electron chi connectivity index (χ4n) is 2.98. The number of rotatable bonds is 2. The van der Waals surface area contributed by atoms with Gasteiger partial charge in [0.05, 0.1) is 11.8 Å². The van der Waals surface area contributed by atoms with Gasteiger partial charge in [0.15, 0.2) is 0 Å². The van der Waals surface area contributed by atoms with Crippen molar-refractivity contribution < 1.29 is 5.11 Å². The lowest BCUT2D eigenvalue weighted by molar-refractivity contribution is 0.455. The maximum absolute atomic E-state index is 10.0. The molecular formula is C19H15ClN2O. The minimum Gasteiger partial charge on any atom is -0.508 e. The molecule has 0 spiro atoms. The Hall–Kier alpha value is -2.52. The molecule has 1 aliphatic heterocycles. The van der Waals surface area contributed by atoms with Crippen LogP contribution in [0.2, 0.25) is 5.02 Å². The van der Waals surface area contributed by atoms with Crippen LogP contribution in [0.4, 0.5) is 0 Å². The molecule has 1 atom stereocenters. The second-order valence-electron chi connectivity index (χ2n) is 5.71. The Morgan fingerprint density at radius 2 is 1.83 bits per heavy atom. The minimum absolute atomic E-state index is 0.0600. The average molecular weight is 323 g/mol. The molecule has 114 valence electrons. The zero-order valence-electron chi connectivity index (χ0n) is 12.3. The van der Waals surface area contributed by atoms with Crippen molar-refractivity contribution in [1.82, 2.24) is 5.43 Å². The third-order valence-corrected chi connectivity index (χ3v) is 4.44. The van der Waals surface area contributed by atoms with E-state index in [1.54, 1.807) is 18.2 Å². The molecule has 3 nitrogen and oxygen atoms in total. The molecule has 3 aromatic carbocycles. The van der Waals surface area contributed by atoms with Crippen molar-refractivity contribution in [3.05, 3.63) is 76.8 Å². The van der Waals surface area contributed by atoms with E-state index in [1.807, 2.05) is 12.1 Å². The molecule has 0 aromatic heterocycles. The second kappa shape index (κ2) is 5.60. The Morgan fingerprint density at radius 3 is 2.70 bits per heavy atom. The van der Waals surface area contributed by atoms with E-state index in [0.29, 0.717) is 11.4 Å². The van der Waals surface area contributed by atoms with Crippen LogP contribution in [0.1, 0.15) is 23.6 Å². The van der Waals surface area contributed by atoms with Gasteiger partial charge in [-0.05, 0) is 40.6 Å². The van der Waals surface area contributed by atoms with Gasteiger partial charge in [-0.2, -0.15) is 5.10 Å². The van der Waals surface area contributed by atoms with Gasteiger partial charge in [-0.3, -0.25) is 0 Å². The van der Waals surface area contributed by atoms with Gasteiger partial charge in [0, 0.05) is 17.0 Å². The van der Waals surface area contributed by atoms with Crippen molar-refractivity contribution in [2.24, 2.45) is 5.10 Å². The maximum atomic E-state index is 10.0. The fraction of sp³-hybridized carbons (Fsp3) is 0.105. The largest absolute Gasteiger partial charge is 0.508 e. The normalized spacial score (nSPS) is 17.1. The van der Waals surface area contributed by atoms with Crippen LogP contribution in [0.25, 0.3) is 10.8 Å². The van der Waals surface area contributed by atoms with Crippen molar-refractivity contribution in [2.75, 3.05) is 0 Å². The minimum atomic E-state index is -0.0600. The molecule has 1 aliphatic rings. The standard InChI is InChI=1S/C19H15ClN2O/c20-15-7-8-19(23)16(10-15)18-11-17(21-22-18)14-6-5-12-3-1-2-4-13(12)9-14/h1-10,18,22-23H,11H2/t18-/m1/s1. The number of hydrazone groups is 1. The van der Waals surface area contributed by atoms with Crippen LogP contribution in [0.5, 0.6) is 5.75 Å². The van der Waals surface area contributed by atoms with E-state index < -0.39 is 0 Å². The SMILES string of the molecule is Oc1ccc(Cl)cc1[C@H]1CC(c2ccc3ccccc3c2)=NN1. The number of hydrogen-bond acceptors (Lipinski definition) is 3. The highest BCUT2D eigenvalue weighted by Gasteiger charge is 2.23. The van der Waals surface area contributed by atoms with Crippen LogP contribution in [-0.4, -0.2) is 10.8 Å². The number of nitrogens with one attached hydrogen (secondary N) is 1. The zero-order valence-corrected chi connectivity index (χ0v) is 13.1. The van der Waals surface area contributed by atoms with Crippen LogP contribution < -0.4 is 5.43 Å². The molecule has 4 rings (SSSR count). The number of benzene rings is 3. The third-order valence-electron chi connectivity index (χ3n) is 4.20. The summed E-state index contributed by atoms with van der Waals surface area (Å²) in [5, 5.41) is 17.5. The average Bonchev–Trinajstić information content (AvgIpc) is 3.06. The summed E-state index contributed by atoms with van der Waals surface area (Å²) < 4.78 is 0. The van der Waals surface area contributed by atoms with Gasteiger partial charge in [0.2, 0.25) is 0 Å². The molecule has 0 aliphatic carbocycles. The van der Waals surface area contributed by atoms with Crippen molar-refractivity contribution in [3.63, 3.8) is 0 Å². The van der Waals surface area contributed by atoms with E-state index in [2.05, 4.69) is 40.9 Å². The first-order valence-corrected chi connectivity index (χ1v) is 7.88. The number of phenols is 1. The van der Waals surface area contributed by atoms with E-state index in [4.69, 9.17) is 11.6 Å². The molecule has 0 amide bonds. The molecule has 1 heterocycles. The van der Waals surface area contributed by atoms with Gasteiger partial charge in [-0.25, -0.2) is 0 Å². The number of halogens is 1. The summed E-state index contributed by atoms with van der Waals surface area (Å²) >= 11 is 6.04. The molecule has 0 unspecified atom stereocenters. The van der Waals surface area contributed by atoms with Crippen LogP contribution in [0, 0.1) is 0 Å². The quantitative estimate of drug-likeness (QED) is 0.722. The molecule has 0 radical (unpaired) electrons. The van der Waals surface area contributed by atoms with Gasteiger partial charge < -0.3 is 10.5 Å². The van der Waals surface area contributed by atoms with E-state index >= 15 is 0 Å². The Bertz CT molecular complexity index is 920. The summed E-state index contributed by atoms with van der Waals surface area (Å²) in [4.78, 5) is 0. The lowest BCUT2D eigenvalue weighted by Crippen LogP contribution is -2.10. The summed E-state index contributed by atoms with van der Waals surface area (Å²) in [6, 6.07) is 19.6. The van der Waals surface area contributed by atoms with Crippen LogP contribution in [0.3, 0.4) is 0 Å². The molecule has 23 heavy (non-hydrogen) atoms. The monoisotopic (exact) mass is 322 g/mol. The zero-order chi connectivity index (χ0) is 15.8. The number of nitrogens with zero attached hydrogens (tertiary/aromatic N) is 1. The lowest BCUT2D eigenvalue weighted by atomic mass is 9.97. The van der Waals surface area contributed by atoms with E-state index in [9.17, 15) is 5.11 Å². The van der Waals surface area contributed by atoms with Gasteiger partial charge in [0.1, 0.15) is 5.75 Å². The number of hydrogen-bond donors (Lipinski definition) is 2. The number of phenolic OH excluding ortho intramolecular Hbond substituents is 1. The maximum Gasteiger partial charge on any atom is 0.121 e. The van der Waals surface area contributed by atoms with E-state index in [0.717, 1.165) is 16.8 Å². The van der Waals surface area contributed by atoms with Crippen molar-refractivity contribution in [3.8, 4) is 5.75 Å². The molecule has 0 saturated heterocycles. The Labute approximate surface area is 139 Å². The molecular weight excluding hydrogens is 308 g/mol. The molecule has 0 saturated carbocycles. The molecule has 0 bridgehead atoms. The number of aromatic hydroxyl groups is 1. The molecule has 2 N–H and O–H groups in total. The predicted octanol–water partition coefficient (Wildman–Crippen LogP) is 4.64. The van der Waals surface area contributed by atoms with Gasteiger partial charge in [-0.15, -0.1) is 0 Å². The highest BCUT2D eigenvalue weighted by atomic mass is 35.5. The van der Waals surface area contributed by atoms with Gasteiger partial charge >= 0.3 is 0 Å². The van der Waals surface area contributed by atoms with Crippen molar-refractivity contribution >= 4 is 28.1 Å². The van der Waals surface area contributed by atoms with Gasteiger partial charge in [0.25, 0.3) is 0 Å². The van der Waals surface area contributed by atoms with Crippen molar-refractivity contribution in [2.45, 2.75) is 12.5 Å². The number of fused-ring (bicyclic) bond motifs is 1. The highest BCUT2D eigenvalue weighted by molar-refractivity contribution is 6.30. The van der Waals surface area contributed by atoms with Crippen molar-refractivity contribution in [1.29, 1.82) is 0 Å². The summed E-state index contributed by atoms with van der Waals surface area (Å²) in [6.07, 6.45) is 0.715. The fourth-order valence-corrected chi connectivity index (χ4v) is 3.16. The first kappa shape index (κ1) is 14.1. The van der Waals surface area contributed by atoms with E-state index in [1.165, 1.54) is 10.8 Å². The Balaban J connectivity index is 1.63. The molecule has 0 fully saturated rings. The summed E-state index contributed by atoms with van der Waals surface area (Å²) in [5.74, 6) is 0.238. The van der Waals surface area contributed by atoms with Gasteiger partial charge in [-0.1, -0.05) is 48.0 Å². The lowest BCUT2D eigenvalue weighted by Gasteiger charge is -2.12. The highest BCUT2D eigenvalue weighted by Crippen LogP contribution is 2.33. The topological polar surface area (TPSA) is 44.6 Å². The van der Waals surface area contributed by atoms with Crippen LogP contribution >= 0.6 is 11.6 Å². The summed E-state index contributed by atoms with van der Waals surface area (Å²) in [6.45, 7) is 0. The van der Waals surface area contributed by atoms with E-state index in [-0.39, 0.29) is 11.8 Å². The summed E-state index contributed by atoms with van der Waals surface area (Å²) in [7, 11) is 0.